The molecule has 1 saturated heterocycles. The van der Waals surface area contributed by atoms with Crippen LogP contribution in [-0.4, -0.2) is 59.6 Å². The second-order valence-corrected chi connectivity index (χ2v) is 7.40. The maximum atomic E-state index is 12.9. The molecule has 1 amide bonds. The Bertz CT molecular complexity index is 784. The van der Waals surface area contributed by atoms with E-state index in [1.165, 1.54) is 0 Å². The summed E-state index contributed by atoms with van der Waals surface area (Å²) in [5, 5.41) is 0. The van der Waals surface area contributed by atoms with Crippen LogP contribution in [0.5, 0.6) is 5.75 Å². The first kappa shape index (κ1) is 18.9. The lowest BCUT2D eigenvalue weighted by Gasteiger charge is -2.34. The number of amides is 1. The van der Waals surface area contributed by atoms with E-state index in [4.69, 9.17) is 9.47 Å². The van der Waals surface area contributed by atoms with Crippen molar-refractivity contribution in [3.63, 3.8) is 0 Å². The van der Waals surface area contributed by atoms with Crippen molar-refractivity contribution < 1.29 is 14.3 Å². The number of pyridine rings is 1. The van der Waals surface area contributed by atoms with Crippen LogP contribution in [0.15, 0.2) is 48.7 Å². The van der Waals surface area contributed by atoms with Crippen LogP contribution < -0.4 is 4.74 Å². The summed E-state index contributed by atoms with van der Waals surface area (Å²) in [5.74, 6) is 1.10. The number of carbonyl (C=O) groups excluding carboxylic acids is 1. The van der Waals surface area contributed by atoms with Crippen molar-refractivity contribution in [2.75, 3.05) is 32.8 Å². The van der Waals surface area contributed by atoms with Crippen LogP contribution in [0.25, 0.3) is 0 Å². The van der Waals surface area contributed by atoms with Gasteiger partial charge < -0.3 is 14.4 Å². The number of fused-ring (bicyclic) bond motifs is 1. The van der Waals surface area contributed by atoms with Gasteiger partial charge in [-0.05, 0) is 31.0 Å². The van der Waals surface area contributed by atoms with E-state index in [2.05, 4.69) is 16.0 Å². The fraction of sp³-hybridized carbons (Fsp3) is 0.455. The van der Waals surface area contributed by atoms with E-state index >= 15 is 0 Å². The van der Waals surface area contributed by atoms with Gasteiger partial charge in [0.1, 0.15) is 12.4 Å². The van der Waals surface area contributed by atoms with Gasteiger partial charge in [0, 0.05) is 37.9 Å². The molecule has 148 valence electrons. The molecular weight excluding hydrogens is 354 g/mol. The number of piperidine rings is 1. The third-order valence-corrected chi connectivity index (χ3v) is 5.31. The molecule has 4 rings (SSSR count). The first-order chi connectivity index (χ1) is 13.8. The van der Waals surface area contributed by atoms with Gasteiger partial charge in [-0.2, -0.15) is 0 Å². The summed E-state index contributed by atoms with van der Waals surface area (Å²) in [6.45, 7) is 4.50. The Balaban J connectivity index is 1.29. The van der Waals surface area contributed by atoms with Gasteiger partial charge in [-0.25, -0.2) is 0 Å². The van der Waals surface area contributed by atoms with E-state index in [0.29, 0.717) is 26.3 Å². The van der Waals surface area contributed by atoms with E-state index in [1.807, 2.05) is 41.3 Å². The second kappa shape index (κ2) is 9.17. The van der Waals surface area contributed by atoms with E-state index in [0.717, 1.165) is 49.5 Å². The minimum absolute atomic E-state index is 0.0768. The Morgan fingerprint density at radius 1 is 1.18 bits per heavy atom. The molecule has 3 heterocycles. The zero-order valence-corrected chi connectivity index (χ0v) is 16.1. The van der Waals surface area contributed by atoms with Gasteiger partial charge >= 0.3 is 0 Å². The van der Waals surface area contributed by atoms with Crippen molar-refractivity contribution >= 4 is 5.91 Å². The highest BCUT2D eigenvalue weighted by Gasteiger charge is 2.26. The highest BCUT2D eigenvalue weighted by Crippen LogP contribution is 2.22. The molecule has 0 saturated carbocycles. The molecule has 2 aromatic rings. The molecule has 1 unspecified atom stereocenters. The molecule has 2 aliphatic heterocycles. The van der Waals surface area contributed by atoms with Crippen molar-refractivity contribution in [2.45, 2.75) is 32.1 Å². The van der Waals surface area contributed by atoms with Crippen LogP contribution in [0.2, 0.25) is 0 Å². The molecule has 6 nitrogen and oxygen atoms in total. The van der Waals surface area contributed by atoms with E-state index in [9.17, 15) is 4.79 Å². The van der Waals surface area contributed by atoms with Crippen molar-refractivity contribution in [3.05, 3.63) is 59.9 Å². The standard InChI is InChI=1S/C22H27N3O3/c26-22(16-24-12-13-27-21-9-2-1-6-18(21)14-24)25-11-5-8-20(15-25)28-17-19-7-3-4-10-23-19/h1-4,6-7,9-10,20H,5,8,11-17H2. The molecule has 28 heavy (non-hydrogen) atoms. The van der Waals surface area contributed by atoms with E-state index in [-0.39, 0.29) is 12.0 Å². The summed E-state index contributed by atoms with van der Waals surface area (Å²) in [7, 11) is 0. The first-order valence-corrected chi connectivity index (χ1v) is 10.0. The maximum Gasteiger partial charge on any atom is 0.236 e. The second-order valence-electron chi connectivity index (χ2n) is 7.40. The molecular formula is C22H27N3O3. The number of para-hydroxylation sites is 1. The Labute approximate surface area is 166 Å². The van der Waals surface area contributed by atoms with Crippen molar-refractivity contribution in [3.8, 4) is 5.75 Å². The van der Waals surface area contributed by atoms with Gasteiger partial charge in [-0.15, -0.1) is 0 Å². The lowest BCUT2D eigenvalue weighted by atomic mass is 10.1. The number of likely N-dealkylation sites (tertiary alicyclic amines) is 1. The molecule has 6 heteroatoms. The molecule has 1 aromatic carbocycles. The number of nitrogens with zero attached hydrogens (tertiary/aromatic N) is 3. The SMILES string of the molecule is O=C(CN1CCOc2ccccc2C1)N1CCCC(OCc2ccccn2)C1. The van der Waals surface area contributed by atoms with Crippen molar-refractivity contribution in [1.29, 1.82) is 0 Å². The van der Waals surface area contributed by atoms with Gasteiger partial charge in [0.05, 0.1) is 24.9 Å². The molecule has 0 bridgehead atoms. The van der Waals surface area contributed by atoms with Gasteiger partial charge in [0.15, 0.2) is 0 Å². The highest BCUT2D eigenvalue weighted by molar-refractivity contribution is 5.78. The van der Waals surface area contributed by atoms with Crippen LogP contribution >= 0.6 is 0 Å². The Morgan fingerprint density at radius 3 is 2.96 bits per heavy atom. The number of hydrogen-bond donors (Lipinski definition) is 0. The van der Waals surface area contributed by atoms with Gasteiger partial charge in [-0.3, -0.25) is 14.7 Å². The van der Waals surface area contributed by atoms with Crippen LogP contribution in [0.4, 0.5) is 0 Å². The van der Waals surface area contributed by atoms with Gasteiger partial charge in [-0.1, -0.05) is 24.3 Å². The topological polar surface area (TPSA) is 54.9 Å². The summed E-state index contributed by atoms with van der Waals surface area (Å²) < 4.78 is 11.8. The normalized spacial score (nSPS) is 20.1. The minimum atomic E-state index is 0.0768. The zero-order valence-electron chi connectivity index (χ0n) is 16.1. The van der Waals surface area contributed by atoms with Crippen molar-refractivity contribution in [1.82, 2.24) is 14.8 Å². The average Bonchev–Trinajstić information content (AvgIpc) is 2.95. The molecule has 0 spiro atoms. The third-order valence-electron chi connectivity index (χ3n) is 5.31. The smallest absolute Gasteiger partial charge is 0.236 e. The van der Waals surface area contributed by atoms with E-state index < -0.39 is 0 Å². The number of carbonyl (C=O) groups is 1. The zero-order chi connectivity index (χ0) is 19.2. The van der Waals surface area contributed by atoms with Crippen LogP contribution in [-0.2, 0) is 22.7 Å². The number of aromatic nitrogens is 1. The van der Waals surface area contributed by atoms with Crippen LogP contribution in [0, 0.1) is 0 Å². The monoisotopic (exact) mass is 381 g/mol. The number of ether oxygens (including phenoxy) is 2. The number of benzene rings is 1. The highest BCUT2D eigenvalue weighted by atomic mass is 16.5. The molecule has 0 N–H and O–H groups in total. The van der Waals surface area contributed by atoms with Crippen LogP contribution in [0.3, 0.4) is 0 Å². The average molecular weight is 381 g/mol. The predicted octanol–water partition coefficient (Wildman–Crippen LogP) is 2.48. The quantitative estimate of drug-likeness (QED) is 0.797. The van der Waals surface area contributed by atoms with E-state index in [1.54, 1.807) is 6.20 Å². The largest absolute Gasteiger partial charge is 0.492 e. The summed E-state index contributed by atoms with van der Waals surface area (Å²) in [6, 6.07) is 13.9. The van der Waals surface area contributed by atoms with Gasteiger partial charge in [0.25, 0.3) is 0 Å². The molecule has 2 aliphatic rings. The Hall–Kier alpha value is -2.44. The summed E-state index contributed by atoms with van der Waals surface area (Å²) in [4.78, 5) is 21.3. The van der Waals surface area contributed by atoms with Crippen molar-refractivity contribution in [2.24, 2.45) is 0 Å². The number of hydrogen-bond acceptors (Lipinski definition) is 5. The Morgan fingerprint density at radius 2 is 2.07 bits per heavy atom. The lowest BCUT2D eigenvalue weighted by molar-refractivity contribution is -0.137. The minimum Gasteiger partial charge on any atom is -0.492 e. The fourth-order valence-corrected chi connectivity index (χ4v) is 3.79. The lowest BCUT2D eigenvalue weighted by Crippen LogP contribution is -2.47. The fourth-order valence-electron chi connectivity index (χ4n) is 3.79. The maximum absolute atomic E-state index is 12.9. The third kappa shape index (κ3) is 4.88. The molecule has 1 fully saturated rings. The summed E-state index contributed by atoms with van der Waals surface area (Å²) in [6.07, 6.45) is 3.82. The molecule has 0 aliphatic carbocycles. The Kier molecular flexibility index (Phi) is 6.19. The first-order valence-electron chi connectivity index (χ1n) is 10.0. The predicted molar refractivity (Wildman–Crippen MR) is 106 cm³/mol. The summed E-state index contributed by atoms with van der Waals surface area (Å²) >= 11 is 0. The summed E-state index contributed by atoms with van der Waals surface area (Å²) in [5.41, 5.74) is 2.07. The van der Waals surface area contributed by atoms with Gasteiger partial charge in [0.2, 0.25) is 5.91 Å². The molecule has 0 radical (unpaired) electrons. The molecule has 1 aromatic heterocycles. The number of rotatable bonds is 5. The van der Waals surface area contributed by atoms with Crippen LogP contribution in [0.1, 0.15) is 24.1 Å². The molecule has 1 atom stereocenters.